The number of nitrogens with one attached hydrogen (secondary N) is 1. The second-order valence-electron chi connectivity index (χ2n) is 8.99. The summed E-state index contributed by atoms with van der Waals surface area (Å²) in [4.78, 5) is 33.6. The maximum atomic E-state index is 12.9. The minimum atomic E-state index is -0.212. The molecular weight excluding hydrogens is 442 g/mol. The monoisotopic (exact) mass is 471 g/mol. The summed E-state index contributed by atoms with van der Waals surface area (Å²) >= 11 is 0. The predicted molar refractivity (Wildman–Crippen MR) is 135 cm³/mol. The second-order valence-corrected chi connectivity index (χ2v) is 8.99. The third-order valence-electron chi connectivity index (χ3n) is 6.24. The predicted octanol–water partition coefficient (Wildman–Crippen LogP) is 4.36. The summed E-state index contributed by atoms with van der Waals surface area (Å²) in [5.74, 6) is -0.335. The molecule has 1 N–H and O–H groups in total. The van der Waals surface area contributed by atoms with Crippen LogP contribution in [0.15, 0.2) is 78.9 Å². The number of methoxy groups -OCH3 is 1. The van der Waals surface area contributed by atoms with Gasteiger partial charge in [-0.05, 0) is 60.4 Å². The Kier molecular flexibility index (Phi) is 6.90. The Balaban J connectivity index is 1.22. The first-order chi connectivity index (χ1) is 17.1. The Hall–Kier alpha value is -3.52. The minimum Gasteiger partial charge on any atom is -0.379 e. The lowest BCUT2D eigenvalue weighted by Gasteiger charge is -2.38. The van der Waals surface area contributed by atoms with Gasteiger partial charge in [0.2, 0.25) is 0 Å². The highest BCUT2D eigenvalue weighted by molar-refractivity contribution is 6.04. The van der Waals surface area contributed by atoms with Crippen molar-refractivity contribution in [1.29, 1.82) is 0 Å². The van der Waals surface area contributed by atoms with Crippen LogP contribution in [0.2, 0.25) is 0 Å². The van der Waals surface area contributed by atoms with Crippen LogP contribution in [-0.4, -0.2) is 55.7 Å². The normalized spacial score (nSPS) is 15.9. The summed E-state index contributed by atoms with van der Waals surface area (Å²) in [6.45, 7) is 1.75. The van der Waals surface area contributed by atoms with Crippen molar-refractivity contribution in [2.75, 3.05) is 37.1 Å². The molecule has 35 heavy (non-hydrogen) atoms. The van der Waals surface area contributed by atoms with Gasteiger partial charge in [-0.25, -0.2) is 0 Å². The van der Waals surface area contributed by atoms with Crippen LogP contribution in [0.3, 0.4) is 0 Å². The number of carbonyl (C=O) groups is 2. The molecule has 5 rings (SSSR count). The fraction of sp³-hybridized carbons (Fsp3) is 0.286. The van der Waals surface area contributed by atoms with Crippen molar-refractivity contribution in [1.82, 2.24) is 4.90 Å². The topological polar surface area (TPSA) is 71.1 Å². The maximum absolute atomic E-state index is 12.9. The Morgan fingerprint density at radius 3 is 2.17 bits per heavy atom. The van der Waals surface area contributed by atoms with E-state index >= 15 is 0 Å². The molecule has 2 aliphatic rings. The highest BCUT2D eigenvalue weighted by atomic mass is 16.7. The smallest absolute Gasteiger partial charge is 0.265 e. The summed E-state index contributed by atoms with van der Waals surface area (Å²) in [5.41, 5.74) is 4.06. The van der Waals surface area contributed by atoms with Crippen LogP contribution in [0.25, 0.3) is 11.1 Å². The van der Waals surface area contributed by atoms with E-state index in [4.69, 9.17) is 9.57 Å². The van der Waals surface area contributed by atoms with Crippen LogP contribution in [0.5, 0.6) is 0 Å². The number of likely N-dealkylation sites (tertiary alicyclic amines) is 1. The Morgan fingerprint density at radius 2 is 1.54 bits per heavy atom. The van der Waals surface area contributed by atoms with E-state index in [0.717, 1.165) is 42.7 Å². The van der Waals surface area contributed by atoms with Crippen molar-refractivity contribution in [3.8, 4) is 11.1 Å². The summed E-state index contributed by atoms with van der Waals surface area (Å²) in [5, 5.41) is 4.31. The maximum Gasteiger partial charge on any atom is 0.265 e. The molecule has 0 atom stereocenters. The van der Waals surface area contributed by atoms with Crippen LogP contribution < -0.4 is 10.4 Å². The summed E-state index contributed by atoms with van der Waals surface area (Å²) in [7, 11) is 1.68. The number of hydrogen-bond acceptors (Lipinski definition) is 5. The Morgan fingerprint density at radius 1 is 0.886 bits per heavy atom. The molecule has 3 aromatic carbocycles. The van der Waals surface area contributed by atoms with Crippen molar-refractivity contribution >= 4 is 23.2 Å². The molecule has 0 aromatic heterocycles. The highest BCUT2D eigenvalue weighted by Gasteiger charge is 2.33. The average Bonchev–Trinajstić information content (AvgIpc) is 3.70. The van der Waals surface area contributed by atoms with Crippen LogP contribution in [0.4, 0.5) is 11.4 Å². The quantitative estimate of drug-likeness (QED) is 0.470. The van der Waals surface area contributed by atoms with E-state index in [2.05, 4.69) is 17.4 Å². The number of hydrogen-bond donors (Lipinski definition) is 1. The second kappa shape index (κ2) is 10.4. The minimum absolute atomic E-state index is 0.0731. The summed E-state index contributed by atoms with van der Waals surface area (Å²) < 4.78 is 5.29. The van der Waals surface area contributed by atoms with E-state index < -0.39 is 0 Å². The molecule has 1 heterocycles. The van der Waals surface area contributed by atoms with Crippen molar-refractivity contribution < 1.29 is 19.2 Å². The molecular formula is C28H29N3O4. The number of rotatable bonds is 9. The van der Waals surface area contributed by atoms with Gasteiger partial charge in [-0.3, -0.25) is 19.3 Å². The van der Waals surface area contributed by atoms with E-state index in [1.165, 1.54) is 5.06 Å². The lowest BCUT2D eigenvalue weighted by Crippen LogP contribution is -2.55. The van der Waals surface area contributed by atoms with E-state index in [-0.39, 0.29) is 30.6 Å². The van der Waals surface area contributed by atoms with Crippen molar-refractivity contribution in [3.05, 3.63) is 84.4 Å². The lowest BCUT2D eigenvalue weighted by molar-refractivity contribution is -0.131. The molecule has 2 amide bonds. The van der Waals surface area contributed by atoms with Crippen molar-refractivity contribution in [2.24, 2.45) is 0 Å². The van der Waals surface area contributed by atoms with Gasteiger partial charge in [0.25, 0.3) is 11.8 Å². The standard InChI is InChI=1S/C28H29N3O4/c1-34-26-17-30(18-26)19-27(32)31(35-25-15-16-25)24-13-9-22(10-14-24)28(33)29-23-11-7-21(8-12-23)20-5-3-2-4-6-20/h2-14,25-26H,15-19H2,1H3,(H,29,33). The SMILES string of the molecule is COC1CN(CC(=O)N(OC2CC2)c2ccc(C(=O)Nc3ccc(-c4ccccc4)cc3)cc2)C1. The largest absolute Gasteiger partial charge is 0.379 e. The van der Waals surface area contributed by atoms with Gasteiger partial charge in [-0.1, -0.05) is 42.5 Å². The van der Waals surface area contributed by atoms with E-state index in [9.17, 15) is 9.59 Å². The highest BCUT2D eigenvalue weighted by Crippen LogP contribution is 2.28. The van der Waals surface area contributed by atoms with Crippen LogP contribution >= 0.6 is 0 Å². The molecule has 1 saturated heterocycles. The third kappa shape index (κ3) is 5.77. The van der Waals surface area contributed by atoms with Gasteiger partial charge in [0, 0.05) is 31.5 Å². The first-order valence-electron chi connectivity index (χ1n) is 11.9. The van der Waals surface area contributed by atoms with Gasteiger partial charge in [0.15, 0.2) is 0 Å². The molecule has 7 nitrogen and oxygen atoms in total. The number of carbonyl (C=O) groups excluding carboxylic acids is 2. The first-order valence-corrected chi connectivity index (χ1v) is 11.9. The van der Waals surface area contributed by atoms with E-state index in [1.54, 1.807) is 31.4 Å². The third-order valence-corrected chi connectivity index (χ3v) is 6.24. The molecule has 2 fully saturated rings. The lowest BCUT2D eigenvalue weighted by atomic mass is 10.1. The summed E-state index contributed by atoms with van der Waals surface area (Å²) in [6, 6.07) is 24.8. The number of nitrogens with zero attached hydrogens (tertiary/aromatic N) is 2. The van der Waals surface area contributed by atoms with Gasteiger partial charge in [-0.2, -0.15) is 5.06 Å². The molecule has 0 radical (unpaired) electrons. The van der Waals surface area contributed by atoms with Gasteiger partial charge in [-0.15, -0.1) is 0 Å². The molecule has 180 valence electrons. The number of hydroxylamine groups is 1. The van der Waals surface area contributed by atoms with Crippen LogP contribution in [-0.2, 0) is 14.4 Å². The molecule has 0 unspecified atom stereocenters. The average molecular weight is 472 g/mol. The van der Waals surface area contributed by atoms with Crippen LogP contribution in [0.1, 0.15) is 23.2 Å². The van der Waals surface area contributed by atoms with Crippen molar-refractivity contribution in [3.63, 3.8) is 0 Å². The van der Waals surface area contributed by atoms with E-state index in [0.29, 0.717) is 11.3 Å². The zero-order chi connectivity index (χ0) is 24.2. The van der Waals surface area contributed by atoms with E-state index in [1.807, 2.05) is 47.4 Å². The Bertz CT molecular complexity index is 1160. The fourth-order valence-corrected chi connectivity index (χ4v) is 3.97. The fourth-order valence-electron chi connectivity index (χ4n) is 3.97. The number of amides is 2. The molecule has 1 aliphatic heterocycles. The molecule has 3 aromatic rings. The zero-order valence-corrected chi connectivity index (χ0v) is 19.7. The number of ether oxygens (including phenoxy) is 1. The molecule has 1 aliphatic carbocycles. The van der Waals surface area contributed by atoms with Gasteiger partial charge in [0.05, 0.1) is 24.4 Å². The zero-order valence-electron chi connectivity index (χ0n) is 19.7. The number of benzene rings is 3. The molecule has 1 saturated carbocycles. The van der Waals surface area contributed by atoms with Crippen molar-refractivity contribution in [2.45, 2.75) is 25.0 Å². The number of anilines is 2. The van der Waals surface area contributed by atoms with Gasteiger partial charge >= 0.3 is 0 Å². The summed E-state index contributed by atoms with van der Waals surface area (Å²) in [6.07, 6.45) is 2.16. The molecule has 0 spiro atoms. The van der Waals surface area contributed by atoms with Gasteiger partial charge < -0.3 is 10.1 Å². The van der Waals surface area contributed by atoms with Gasteiger partial charge in [0.1, 0.15) is 0 Å². The first kappa shape index (κ1) is 23.2. The molecule has 7 heteroatoms. The molecule has 0 bridgehead atoms. The Labute approximate surface area is 205 Å². The van der Waals surface area contributed by atoms with Crippen LogP contribution in [0, 0.1) is 0 Å².